The predicted molar refractivity (Wildman–Crippen MR) is 77.9 cm³/mol. The number of hydrogen-bond acceptors (Lipinski definition) is 3. The highest BCUT2D eigenvalue weighted by Gasteiger charge is 2.07. The van der Waals surface area contributed by atoms with E-state index >= 15 is 0 Å². The Labute approximate surface area is 111 Å². The summed E-state index contributed by atoms with van der Waals surface area (Å²) in [5.74, 6) is 1.30. The molecule has 0 spiro atoms. The van der Waals surface area contributed by atoms with Crippen molar-refractivity contribution in [2.45, 2.75) is 6.92 Å². The third-order valence-corrected chi connectivity index (χ3v) is 2.94. The Bertz CT molecular complexity index is 649. The van der Waals surface area contributed by atoms with E-state index in [-0.39, 0.29) is 0 Å². The number of anilines is 1. The van der Waals surface area contributed by atoms with Crippen molar-refractivity contribution in [3.05, 3.63) is 35.5 Å². The van der Waals surface area contributed by atoms with Gasteiger partial charge in [-0.25, -0.2) is 4.98 Å². The molecule has 2 rings (SSSR count). The highest BCUT2D eigenvalue weighted by molar-refractivity contribution is 6.03. The number of nitrogens with one attached hydrogen (secondary N) is 2. The maximum Gasteiger partial charge on any atom is 0.196 e. The summed E-state index contributed by atoms with van der Waals surface area (Å²) < 4.78 is 0. The van der Waals surface area contributed by atoms with Crippen LogP contribution in [0.4, 0.5) is 5.82 Å². The number of aliphatic imine (C=N–C) groups is 1. The fraction of sp³-hybridized carbons (Fsp3) is 0.214. The molecule has 0 unspecified atom stereocenters. The Hall–Kier alpha value is -2.43. The van der Waals surface area contributed by atoms with E-state index in [9.17, 15) is 4.79 Å². The summed E-state index contributed by atoms with van der Waals surface area (Å²) in [4.78, 5) is 19.3. The number of hydrogen-bond donors (Lipinski definition) is 2. The lowest BCUT2D eigenvalue weighted by Crippen LogP contribution is -2.27. The SMILES string of the molecule is CN=C(NC)Nc1ncc(C)c2ccc(C=O)cc12. The number of aryl methyl sites for hydroxylation is 1. The third kappa shape index (κ3) is 2.54. The first-order valence-corrected chi connectivity index (χ1v) is 5.95. The van der Waals surface area contributed by atoms with Crippen LogP contribution < -0.4 is 10.6 Å². The molecule has 0 bridgehead atoms. The number of nitrogens with zero attached hydrogens (tertiary/aromatic N) is 2. The molecule has 1 heterocycles. The molecule has 0 aliphatic rings. The van der Waals surface area contributed by atoms with Crippen LogP contribution in [0.5, 0.6) is 0 Å². The minimum Gasteiger partial charge on any atom is -0.359 e. The first kappa shape index (κ1) is 13.0. The number of carbonyl (C=O) groups is 1. The minimum atomic E-state index is 0.620. The van der Waals surface area contributed by atoms with Crippen molar-refractivity contribution in [3.63, 3.8) is 0 Å². The van der Waals surface area contributed by atoms with Crippen LogP contribution in [0.3, 0.4) is 0 Å². The van der Waals surface area contributed by atoms with Gasteiger partial charge < -0.3 is 10.6 Å². The standard InChI is InChI=1S/C14H16N4O/c1-9-7-17-13(18-14(15-2)16-3)12-6-10(8-19)4-5-11(9)12/h4-8H,1-3H3,(H2,15,16,17,18). The lowest BCUT2D eigenvalue weighted by atomic mass is 10.1. The van der Waals surface area contributed by atoms with Crippen molar-refractivity contribution in [3.8, 4) is 0 Å². The summed E-state index contributed by atoms with van der Waals surface area (Å²) in [6.07, 6.45) is 2.63. The summed E-state index contributed by atoms with van der Waals surface area (Å²) >= 11 is 0. The van der Waals surface area contributed by atoms with E-state index in [0.717, 1.165) is 22.6 Å². The maximum atomic E-state index is 10.9. The van der Waals surface area contributed by atoms with Gasteiger partial charge in [0.05, 0.1) is 0 Å². The fourth-order valence-corrected chi connectivity index (χ4v) is 1.92. The van der Waals surface area contributed by atoms with Gasteiger partial charge in [0.25, 0.3) is 0 Å². The first-order valence-electron chi connectivity index (χ1n) is 5.95. The van der Waals surface area contributed by atoms with Gasteiger partial charge in [-0.15, -0.1) is 0 Å². The zero-order valence-electron chi connectivity index (χ0n) is 11.2. The molecule has 0 atom stereocenters. The molecule has 5 nitrogen and oxygen atoms in total. The molecule has 0 fully saturated rings. The van der Waals surface area contributed by atoms with Gasteiger partial charge in [-0.2, -0.15) is 0 Å². The Morgan fingerprint density at radius 2 is 2.16 bits per heavy atom. The number of fused-ring (bicyclic) bond motifs is 1. The average Bonchev–Trinajstić information content (AvgIpc) is 2.46. The molecule has 5 heteroatoms. The van der Waals surface area contributed by atoms with Gasteiger partial charge in [-0.1, -0.05) is 12.1 Å². The van der Waals surface area contributed by atoms with Gasteiger partial charge in [0.2, 0.25) is 0 Å². The third-order valence-electron chi connectivity index (χ3n) is 2.94. The minimum absolute atomic E-state index is 0.620. The van der Waals surface area contributed by atoms with Crippen LogP contribution in [-0.4, -0.2) is 31.3 Å². The van der Waals surface area contributed by atoms with Gasteiger partial charge in [-0.3, -0.25) is 9.79 Å². The quantitative estimate of drug-likeness (QED) is 0.490. The topological polar surface area (TPSA) is 66.4 Å². The summed E-state index contributed by atoms with van der Waals surface area (Å²) in [5, 5.41) is 8.02. The van der Waals surface area contributed by atoms with Crippen molar-refractivity contribution < 1.29 is 4.79 Å². The largest absolute Gasteiger partial charge is 0.359 e. The Kier molecular flexibility index (Phi) is 3.75. The van der Waals surface area contributed by atoms with Crippen LogP contribution in [0, 0.1) is 6.92 Å². The molecule has 0 amide bonds. The molecule has 0 aliphatic heterocycles. The molecule has 2 aromatic rings. The van der Waals surface area contributed by atoms with Crippen molar-refractivity contribution >= 4 is 28.8 Å². The lowest BCUT2D eigenvalue weighted by molar-refractivity contribution is 0.112. The second kappa shape index (κ2) is 5.48. The number of pyridine rings is 1. The van der Waals surface area contributed by atoms with Crippen LogP contribution in [-0.2, 0) is 0 Å². The number of rotatable bonds is 2. The monoisotopic (exact) mass is 256 g/mol. The maximum absolute atomic E-state index is 10.9. The highest BCUT2D eigenvalue weighted by atomic mass is 16.1. The van der Waals surface area contributed by atoms with Gasteiger partial charge in [0.15, 0.2) is 5.96 Å². The van der Waals surface area contributed by atoms with Crippen molar-refractivity contribution in [1.29, 1.82) is 0 Å². The molecule has 0 saturated heterocycles. The predicted octanol–water partition coefficient (Wildman–Crippen LogP) is 1.97. The summed E-state index contributed by atoms with van der Waals surface area (Å²) in [6, 6.07) is 5.57. The number of guanidine groups is 1. The first-order chi connectivity index (χ1) is 9.19. The molecule has 1 aromatic heterocycles. The molecule has 0 radical (unpaired) electrons. The van der Waals surface area contributed by atoms with Gasteiger partial charge in [-0.05, 0) is 23.9 Å². The van der Waals surface area contributed by atoms with E-state index in [1.54, 1.807) is 26.4 Å². The molecule has 2 N–H and O–H groups in total. The number of aromatic nitrogens is 1. The van der Waals surface area contributed by atoms with Crippen LogP contribution in [0.15, 0.2) is 29.4 Å². The molecule has 0 saturated carbocycles. The van der Waals surface area contributed by atoms with Crippen LogP contribution in [0.1, 0.15) is 15.9 Å². The zero-order chi connectivity index (χ0) is 13.8. The average molecular weight is 256 g/mol. The van der Waals surface area contributed by atoms with E-state index in [4.69, 9.17) is 0 Å². The Morgan fingerprint density at radius 3 is 2.79 bits per heavy atom. The van der Waals surface area contributed by atoms with E-state index < -0.39 is 0 Å². The van der Waals surface area contributed by atoms with Crippen LogP contribution in [0.2, 0.25) is 0 Å². The van der Waals surface area contributed by atoms with E-state index in [1.807, 2.05) is 19.1 Å². The van der Waals surface area contributed by atoms with Gasteiger partial charge >= 0.3 is 0 Å². The normalized spacial score (nSPS) is 11.4. The second-order valence-electron chi connectivity index (χ2n) is 4.16. The molecule has 98 valence electrons. The fourth-order valence-electron chi connectivity index (χ4n) is 1.92. The highest BCUT2D eigenvalue weighted by Crippen LogP contribution is 2.25. The second-order valence-corrected chi connectivity index (χ2v) is 4.16. The molecule has 0 aliphatic carbocycles. The number of carbonyl (C=O) groups excluding carboxylic acids is 1. The van der Waals surface area contributed by atoms with Crippen molar-refractivity contribution in [2.75, 3.05) is 19.4 Å². The lowest BCUT2D eigenvalue weighted by Gasteiger charge is -2.12. The molecule has 1 aromatic carbocycles. The number of benzene rings is 1. The molecular weight excluding hydrogens is 240 g/mol. The Morgan fingerprint density at radius 1 is 1.37 bits per heavy atom. The van der Waals surface area contributed by atoms with Crippen molar-refractivity contribution in [2.24, 2.45) is 4.99 Å². The Balaban J connectivity index is 2.60. The van der Waals surface area contributed by atoms with E-state index in [1.165, 1.54) is 0 Å². The molecule has 19 heavy (non-hydrogen) atoms. The van der Waals surface area contributed by atoms with Gasteiger partial charge in [0.1, 0.15) is 12.1 Å². The smallest absolute Gasteiger partial charge is 0.196 e. The summed E-state index contributed by atoms with van der Waals surface area (Å²) in [7, 11) is 3.47. The number of aldehydes is 1. The molecular formula is C14H16N4O. The summed E-state index contributed by atoms with van der Waals surface area (Å²) in [5.41, 5.74) is 1.69. The van der Waals surface area contributed by atoms with E-state index in [2.05, 4.69) is 20.6 Å². The van der Waals surface area contributed by atoms with E-state index in [0.29, 0.717) is 17.3 Å². The van der Waals surface area contributed by atoms with Crippen LogP contribution >= 0.6 is 0 Å². The zero-order valence-corrected chi connectivity index (χ0v) is 11.2. The van der Waals surface area contributed by atoms with Crippen LogP contribution in [0.25, 0.3) is 10.8 Å². The summed E-state index contributed by atoms with van der Waals surface area (Å²) in [6.45, 7) is 1.99. The van der Waals surface area contributed by atoms with Crippen molar-refractivity contribution in [1.82, 2.24) is 10.3 Å². The van der Waals surface area contributed by atoms with Gasteiger partial charge in [0, 0.05) is 31.2 Å².